The van der Waals surface area contributed by atoms with Crippen molar-refractivity contribution in [2.24, 2.45) is 0 Å². The van der Waals surface area contributed by atoms with Gasteiger partial charge in [0.15, 0.2) is 0 Å². The quantitative estimate of drug-likeness (QED) is 0.500. The minimum Gasteiger partial charge on any atom is -0.478 e. The van der Waals surface area contributed by atoms with Gasteiger partial charge < -0.3 is 10.2 Å². The molecule has 0 spiro atoms. The van der Waals surface area contributed by atoms with Crippen LogP contribution in [0.3, 0.4) is 0 Å². The third-order valence-corrected chi connectivity index (χ3v) is 4.75. The van der Waals surface area contributed by atoms with Gasteiger partial charge in [-0.05, 0) is 24.3 Å². The minimum atomic E-state index is -1.19. The summed E-state index contributed by atoms with van der Waals surface area (Å²) in [7, 11) is 0. The summed E-state index contributed by atoms with van der Waals surface area (Å²) in [6.07, 6.45) is 0. The van der Waals surface area contributed by atoms with E-state index in [1.807, 2.05) is 0 Å². The van der Waals surface area contributed by atoms with E-state index in [-0.39, 0.29) is 41.3 Å². The molecule has 2 N–H and O–H groups in total. The van der Waals surface area contributed by atoms with Gasteiger partial charge in [0, 0.05) is 0 Å². The largest absolute Gasteiger partial charge is 0.478 e. The van der Waals surface area contributed by atoms with Crippen molar-refractivity contribution in [3.8, 4) is 0 Å². The van der Waals surface area contributed by atoms with Crippen LogP contribution in [0.2, 0.25) is 30.1 Å². The Hall–Kier alpha value is -0.880. The first-order chi connectivity index (χ1) is 11.1. The summed E-state index contributed by atoms with van der Waals surface area (Å²) >= 11 is 33.5. The van der Waals surface area contributed by atoms with Crippen molar-refractivity contribution in [2.45, 2.75) is 0 Å². The Kier molecular flexibility index (Phi) is 7.93. The van der Waals surface area contributed by atoms with E-state index in [0.717, 1.165) is 0 Å². The fraction of sp³-hybridized carbons (Fsp3) is 0. The molecule has 10 heteroatoms. The van der Waals surface area contributed by atoms with Crippen LogP contribution in [0.4, 0.5) is 0 Å². The maximum Gasteiger partial charge on any atom is 0.338 e. The summed E-state index contributed by atoms with van der Waals surface area (Å²) < 4.78 is 0. The average molecular weight is 451 g/mol. The van der Waals surface area contributed by atoms with Crippen molar-refractivity contribution in [3.63, 3.8) is 0 Å². The molecule has 128 valence electrons. The van der Waals surface area contributed by atoms with Crippen LogP contribution in [-0.4, -0.2) is 22.2 Å². The Balaban J connectivity index is 0.000000240. The van der Waals surface area contributed by atoms with Crippen LogP contribution in [0, 0.1) is 0 Å². The number of aromatic carboxylic acids is 2. The topological polar surface area (TPSA) is 74.6 Å². The van der Waals surface area contributed by atoms with Crippen LogP contribution in [0.25, 0.3) is 0 Å². The van der Waals surface area contributed by atoms with Gasteiger partial charge in [0.25, 0.3) is 0 Å². The Morgan fingerprint density at radius 3 is 1.04 bits per heavy atom. The average Bonchev–Trinajstić information content (AvgIpc) is 2.48. The second kappa shape index (κ2) is 8.99. The molecule has 0 heterocycles. The van der Waals surface area contributed by atoms with Crippen molar-refractivity contribution in [1.82, 2.24) is 0 Å². The van der Waals surface area contributed by atoms with Crippen LogP contribution < -0.4 is 0 Å². The Bertz CT molecular complexity index is 739. The molecule has 0 fully saturated rings. The Morgan fingerprint density at radius 1 is 0.583 bits per heavy atom. The van der Waals surface area contributed by atoms with Crippen LogP contribution >= 0.6 is 69.6 Å². The molecule has 2 aromatic carbocycles. The first-order valence-electron chi connectivity index (χ1n) is 5.81. The lowest BCUT2D eigenvalue weighted by Crippen LogP contribution is -1.98. The molecule has 0 bridgehead atoms. The van der Waals surface area contributed by atoms with Crippen LogP contribution in [0.5, 0.6) is 0 Å². The van der Waals surface area contributed by atoms with Crippen LogP contribution in [0.1, 0.15) is 20.7 Å². The van der Waals surface area contributed by atoms with Gasteiger partial charge in [0.2, 0.25) is 0 Å². The van der Waals surface area contributed by atoms with Gasteiger partial charge in [-0.25, -0.2) is 9.59 Å². The molecule has 0 radical (unpaired) electrons. The minimum absolute atomic E-state index is 0.0309. The monoisotopic (exact) mass is 448 g/mol. The van der Waals surface area contributed by atoms with Crippen molar-refractivity contribution < 1.29 is 19.8 Å². The maximum absolute atomic E-state index is 10.6. The summed E-state index contributed by atoms with van der Waals surface area (Å²) in [5, 5.41) is 17.7. The van der Waals surface area contributed by atoms with Gasteiger partial charge in [0.05, 0.1) is 41.3 Å². The molecule has 0 saturated heterocycles. The first kappa shape index (κ1) is 21.2. The number of carbonyl (C=O) groups is 2. The highest BCUT2D eigenvalue weighted by atomic mass is 35.5. The van der Waals surface area contributed by atoms with Gasteiger partial charge in [-0.2, -0.15) is 0 Å². The second-order valence-corrected chi connectivity index (χ2v) is 6.43. The molecular formula is C14H6Cl6O4. The Morgan fingerprint density at radius 2 is 0.833 bits per heavy atom. The van der Waals surface area contributed by atoms with Crippen molar-refractivity contribution in [2.75, 3.05) is 0 Å². The number of carboxylic acids is 2. The number of halogens is 6. The molecule has 0 atom stereocenters. The predicted octanol–water partition coefficient (Wildman–Crippen LogP) is 6.69. The second-order valence-electron chi connectivity index (χ2n) is 4.05. The number of rotatable bonds is 2. The Labute approximate surface area is 166 Å². The zero-order valence-corrected chi connectivity index (χ0v) is 15.8. The van der Waals surface area contributed by atoms with E-state index in [2.05, 4.69) is 0 Å². The van der Waals surface area contributed by atoms with Crippen molar-refractivity contribution in [3.05, 3.63) is 65.5 Å². The van der Waals surface area contributed by atoms with Crippen LogP contribution in [0.15, 0.2) is 24.3 Å². The van der Waals surface area contributed by atoms with E-state index in [9.17, 15) is 9.59 Å². The van der Waals surface area contributed by atoms with E-state index < -0.39 is 11.9 Å². The summed E-state index contributed by atoms with van der Waals surface area (Å²) in [4.78, 5) is 21.1. The lowest BCUT2D eigenvalue weighted by Gasteiger charge is -2.02. The molecule has 2 aromatic rings. The number of carboxylic acid groups (broad SMARTS) is 2. The molecule has 24 heavy (non-hydrogen) atoms. The molecule has 0 aliphatic rings. The van der Waals surface area contributed by atoms with Gasteiger partial charge in [0.1, 0.15) is 0 Å². The summed E-state index contributed by atoms with van der Waals surface area (Å²) in [6.45, 7) is 0. The van der Waals surface area contributed by atoms with E-state index in [4.69, 9.17) is 79.8 Å². The highest BCUT2D eigenvalue weighted by Crippen LogP contribution is 2.31. The van der Waals surface area contributed by atoms with E-state index in [0.29, 0.717) is 0 Å². The molecule has 0 unspecified atom stereocenters. The molecular weight excluding hydrogens is 445 g/mol. The van der Waals surface area contributed by atoms with E-state index in [1.54, 1.807) is 0 Å². The zero-order valence-electron chi connectivity index (χ0n) is 11.3. The van der Waals surface area contributed by atoms with Gasteiger partial charge in [-0.3, -0.25) is 0 Å². The van der Waals surface area contributed by atoms with Gasteiger partial charge in [-0.15, -0.1) is 0 Å². The lowest BCUT2D eigenvalue weighted by atomic mass is 10.2. The number of benzene rings is 2. The van der Waals surface area contributed by atoms with E-state index in [1.165, 1.54) is 24.3 Å². The molecule has 0 saturated carbocycles. The number of hydrogen-bond donors (Lipinski definition) is 2. The normalized spacial score (nSPS) is 9.92. The molecule has 0 amide bonds. The molecule has 2 rings (SSSR count). The third-order valence-electron chi connectivity index (χ3n) is 2.52. The van der Waals surface area contributed by atoms with Crippen molar-refractivity contribution in [1.29, 1.82) is 0 Å². The lowest BCUT2D eigenvalue weighted by molar-refractivity contribution is 0.0686. The summed E-state index contributed by atoms with van der Waals surface area (Å²) in [6, 6.07) is 5.66. The molecule has 0 aliphatic heterocycles. The fourth-order valence-electron chi connectivity index (χ4n) is 1.45. The number of hydrogen-bond acceptors (Lipinski definition) is 2. The van der Waals surface area contributed by atoms with Gasteiger partial charge in [-0.1, -0.05) is 69.6 Å². The third kappa shape index (κ3) is 5.06. The highest BCUT2D eigenvalue weighted by Gasteiger charge is 2.16. The SMILES string of the molecule is O=C(O)c1c(Cl)ccc(Cl)c1Cl.O=C(O)c1c(Cl)ccc(Cl)c1Cl. The maximum atomic E-state index is 10.6. The van der Waals surface area contributed by atoms with Crippen LogP contribution in [-0.2, 0) is 0 Å². The van der Waals surface area contributed by atoms with E-state index >= 15 is 0 Å². The molecule has 0 aromatic heterocycles. The summed E-state index contributed by atoms with van der Waals surface area (Å²) in [5.41, 5.74) is -0.323. The zero-order chi connectivity index (χ0) is 18.6. The standard InChI is InChI=1S/2C7H3Cl3O2/c2*8-3-1-2-4(9)6(10)5(3)7(11)12/h2*1-2H,(H,11,12). The fourth-order valence-corrected chi connectivity index (χ4v) is 2.83. The molecule has 0 aliphatic carbocycles. The smallest absolute Gasteiger partial charge is 0.338 e. The predicted molar refractivity (Wildman–Crippen MR) is 96.9 cm³/mol. The van der Waals surface area contributed by atoms with Gasteiger partial charge >= 0.3 is 11.9 Å². The summed E-state index contributed by atoms with van der Waals surface area (Å²) in [5.74, 6) is -2.37. The van der Waals surface area contributed by atoms with Crippen molar-refractivity contribution >= 4 is 81.5 Å². The molecule has 4 nitrogen and oxygen atoms in total. The first-order valence-corrected chi connectivity index (χ1v) is 8.08. The highest BCUT2D eigenvalue weighted by molar-refractivity contribution is 6.46.